The molecule has 3 aromatic heterocycles. The van der Waals surface area contributed by atoms with E-state index in [9.17, 15) is 18.3 Å². The summed E-state index contributed by atoms with van der Waals surface area (Å²) in [6, 6.07) is 5.36. The molecule has 1 saturated heterocycles. The number of rotatable bonds is 7. The van der Waals surface area contributed by atoms with Crippen molar-refractivity contribution in [2.24, 2.45) is 11.7 Å². The van der Waals surface area contributed by atoms with E-state index >= 15 is 0 Å². The summed E-state index contributed by atoms with van der Waals surface area (Å²) in [5.41, 5.74) is 6.56. The van der Waals surface area contributed by atoms with Gasteiger partial charge in [0.2, 0.25) is 5.89 Å². The van der Waals surface area contributed by atoms with Crippen molar-refractivity contribution in [2.75, 3.05) is 20.2 Å². The molecule has 12 heteroatoms. The number of alkyl halides is 3. The molecule has 38 heavy (non-hydrogen) atoms. The molecule has 5 rings (SSSR count). The number of hydrogen-bond acceptors (Lipinski definition) is 9. The fourth-order valence-corrected chi connectivity index (χ4v) is 4.83. The number of benzene rings is 1. The van der Waals surface area contributed by atoms with Crippen LogP contribution in [-0.2, 0) is 19.1 Å². The largest absolute Gasteiger partial charge is 0.494 e. The maximum absolute atomic E-state index is 13.3. The fourth-order valence-electron chi connectivity index (χ4n) is 4.83. The SMILES string of the molecule is COc1ccc(-c2nc(C(O)N3CCC(Cc4cnccn4)CC3)c(CN)o2)c2ccc(C(F)(F)F)nc12. The number of piperidine rings is 1. The number of pyridine rings is 1. The average molecular weight is 529 g/mol. The van der Waals surface area contributed by atoms with Crippen molar-refractivity contribution in [3.05, 3.63) is 65.7 Å². The zero-order chi connectivity index (χ0) is 26.9. The number of aliphatic hydroxyl groups is 1. The third-order valence-corrected chi connectivity index (χ3v) is 6.83. The molecule has 1 aliphatic rings. The van der Waals surface area contributed by atoms with Crippen molar-refractivity contribution in [1.29, 1.82) is 0 Å². The highest BCUT2D eigenvalue weighted by Crippen LogP contribution is 2.38. The molecule has 0 bridgehead atoms. The molecule has 4 aromatic rings. The van der Waals surface area contributed by atoms with Gasteiger partial charge in [-0.05, 0) is 49.4 Å². The van der Waals surface area contributed by atoms with Crippen LogP contribution in [-0.4, -0.2) is 50.1 Å². The van der Waals surface area contributed by atoms with Crippen LogP contribution in [0.3, 0.4) is 0 Å². The lowest BCUT2D eigenvalue weighted by molar-refractivity contribution is -0.140. The number of oxazole rings is 1. The Balaban J connectivity index is 1.40. The van der Waals surface area contributed by atoms with Crippen LogP contribution >= 0.6 is 0 Å². The van der Waals surface area contributed by atoms with Gasteiger partial charge >= 0.3 is 6.18 Å². The Morgan fingerprint density at radius 1 is 1.16 bits per heavy atom. The first-order chi connectivity index (χ1) is 18.3. The third kappa shape index (κ3) is 5.19. The van der Waals surface area contributed by atoms with Crippen LogP contribution in [0.2, 0.25) is 0 Å². The molecule has 1 aromatic carbocycles. The molecule has 0 spiro atoms. The van der Waals surface area contributed by atoms with Gasteiger partial charge in [-0.3, -0.25) is 14.9 Å². The highest BCUT2D eigenvalue weighted by molar-refractivity contribution is 5.96. The molecule has 9 nitrogen and oxygen atoms in total. The Hall–Kier alpha value is -3.61. The summed E-state index contributed by atoms with van der Waals surface area (Å²) in [4.78, 5) is 18.7. The highest BCUT2D eigenvalue weighted by atomic mass is 19.4. The van der Waals surface area contributed by atoms with Crippen molar-refractivity contribution < 1.29 is 27.4 Å². The molecule has 0 amide bonds. The highest BCUT2D eigenvalue weighted by Gasteiger charge is 2.34. The summed E-state index contributed by atoms with van der Waals surface area (Å²) in [5.74, 6) is 1.05. The van der Waals surface area contributed by atoms with Crippen LogP contribution in [0.15, 0.2) is 47.3 Å². The third-order valence-electron chi connectivity index (χ3n) is 6.83. The van der Waals surface area contributed by atoms with E-state index in [-0.39, 0.29) is 23.7 Å². The minimum Gasteiger partial charge on any atom is -0.494 e. The molecule has 0 aliphatic carbocycles. The van der Waals surface area contributed by atoms with Gasteiger partial charge in [0.1, 0.15) is 28.4 Å². The lowest BCUT2D eigenvalue weighted by Gasteiger charge is -2.34. The zero-order valence-electron chi connectivity index (χ0n) is 20.6. The van der Waals surface area contributed by atoms with Gasteiger partial charge in [0.25, 0.3) is 0 Å². The smallest absolute Gasteiger partial charge is 0.433 e. The minimum atomic E-state index is -4.61. The van der Waals surface area contributed by atoms with E-state index in [1.165, 1.54) is 19.2 Å². The predicted molar refractivity (Wildman–Crippen MR) is 132 cm³/mol. The molecule has 3 N–H and O–H groups in total. The van der Waals surface area contributed by atoms with Gasteiger partial charge < -0.3 is 20.0 Å². The number of halogens is 3. The van der Waals surface area contributed by atoms with Gasteiger partial charge in [0.05, 0.1) is 19.3 Å². The van der Waals surface area contributed by atoms with E-state index in [0.717, 1.165) is 31.0 Å². The number of methoxy groups -OCH3 is 1. The van der Waals surface area contributed by atoms with Crippen LogP contribution in [0.5, 0.6) is 5.75 Å². The molecule has 0 saturated carbocycles. The Morgan fingerprint density at radius 2 is 1.95 bits per heavy atom. The Bertz CT molecular complexity index is 1400. The maximum atomic E-state index is 13.3. The van der Waals surface area contributed by atoms with Crippen molar-refractivity contribution in [2.45, 2.75) is 38.2 Å². The van der Waals surface area contributed by atoms with Crippen molar-refractivity contribution in [3.63, 3.8) is 0 Å². The van der Waals surface area contributed by atoms with Gasteiger partial charge in [-0.2, -0.15) is 13.2 Å². The van der Waals surface area contributed by atoms with Crippen LogP contribution in [0.25, 0.3) is 22.4 Å². The van der Waals surface area contributed by atoms with Crippen LogP contribution in [0.1, 0.15) is 41.9 Å². The van der Waals surface area contributed by atoms with E-state index in [0.29, 0.717) is 41.4 Å². The Labute approximate surface area is 216 Å². The standard InChI is InChI=1S/C26H27F3N6O3/c1-37-19-4-2-18(17-3-5-21(26(27,28)29)33-22(17)19)24-34-23(20(13-30)38-24)25(36)35-10-6-15(7-11-35)12-16-14-31-8-9-32-16/h2-5,8-9,14-15,25,36H,6-7,10-13,30H2,1H3. The number of fused-ring (bicyclic) bond motifs is 1. The van der Waals surface area contributed by atoms with E-state index in [2.05, 4.69) is 19.9 Å². The Kier molecular flexibility index (Phi) is 7.28. The summed E-state index contributed by atoms with van der Waals surface area (Å²) >= 11 is 0. The van der Waals surface area contributed by atoms with Gasteiger partial charge in [-0.15, -0.1) is 0 Å². The molecule has 1 atom stereocenters. The van der Waals surface area contributed by atoms with Crippen molar-refractivity contribution in [1.82, 2.24) is 24.8 Å². The lowest BCUT2D eigenvalue weighted by atomic mass is 9.92. The molecule has 200 valence electrons. The molecule has 1 aliphatic heterocycles. The number of hydrogen-bond donors (Lipinski definition) is 2. The normalized spacial score (nSPS) is 16.2. The van der Waals surface area contributed by atoms with Gasteiger partial charge in [0.15, 0.2) is 6.23 Å². The molecular weight excluding hydrogens is 501 g/mol. The second-order valence-corrected chi connectivity index (χ2v) is 9.19. The zero-order valence-corrected chi connectivity index (χ0v) is 20.6. The first-order valence-electron chi connectivity index (χ1n) is 12.2. The van der Waals surface area contributed by atoms with Crippen LogP contribution in [0, 0.1) is 5.92 Å². The number of nitrogens with zero attached hydrogens (tertiary/aromatic N) is 5. The minimum absolute atomic E-state index is 0.00685. The van der Waals surface area contributed by atoms with Crippen molar-refractivity contribution >= 4 is 10.9 Å². The molecule has 0 radical (unpaired) electrons. The number of aliphatic hydroxyl groups excluding tert-OH is 1. The number of nitrogens with two attached hydrogens (primary N) is 1. The summed E-state index contributed by atoms with van der Waals surface area (Å²) in [7, 11) is 1.36. The number of ether oxygens (including phenoxy) is 1. The van der Waals surface area contributed by atoms with E-state index in [1.807, 2.05) is 4.90 Å². The topological polar surface area (TPSA) is 123 Å². The van der Waals surface area contributed by atoms with E-state index < -0.39 is 18.1 Å². The maximum Gasteiger partial charge on any atom is 0.433 e. The van der Waals surface area contributed by atoms with Gasteiger partial charge in [-0.25, -0.2) is 9.97 Å². The first-order valence-corrected chi connectivity index (χ1v) is 12.2. The number of aromatic nitrogens is 4. The molecule has 4 heterocycles. The summed E-state index contributed by atoms with van der Waals surface area (Å²) in [5, 5.41) is 11.6. The summed E-state index contributed by atoms with van der Waals surface area (Å²) in [6.07, 6.45) is 2.02. The predicted octanol–water partition coefficient (Wildman–Crippen LogP) is 4.11. The molecular formula is C26H27F3N6O3. The first kappa shape index (κ1) is 26.0. The van der Waals surface area contributed by atoms with Crippen LogP contribution in [0.4, 0.5) is 13.2 Å². The van der Waals surface area contributed by atoms with E-state index in [4.69, 9.17) is 14.9 Å². The quantitative estimate of drug-likeness (QED) is 0.365. The number of likely N-dealkylation sites (tertiary alicyclic amines) is 1. The second kappa shape index (κ2) is 10.6. The summed E-state index contributed by atoms with van der Waals surface area (Å²) in [6.45, 7) is 1.29. The monoisotopic (exact) mass is 528 g/mol. The fraction of sp³-hybridized carbons (Fsp3) is 0.385. The molecule has 1 fully saturated rings. The van der Waals surface area contributed by atoms with Gasteiger partial charge in [-0.1, -0.05) is 0 Å². The van der Waals surface area contributed by atoms with E-state index in [1.54, 1.807) is 24.7 Å². The Morgan fingerprint density at radius 3 is 2.61 bits per heavy atom. The summed E-state index contributed by atoms with van der Waals surface area (Å²) < 4.78 is 51.0. The lowest BCUT2D eigenvalue weighted by Crippen LogP contribution is -2.37. The van der Waals surface area contributed by atoms with Crippen molar-refractivity contribution in [3.8, 4) is 17.2 Å². The van der Waals surface area contributed by atoms with Crippen LogP contribution < -0.4 is 10.5 Å². The molecule has 1 unspecified atom stereocenters. The van der Waals surface area contributed by atoms with Gasteiger partial charge in [0, 0.05) is 42.6 Å². The second-order valence-electron chi connectivity index (χ2n) is 9.19. The average Bonchev–Trinajstić information content (AvgIpc) is 3.36.